The number of nitrogens with zero attached hydrogens (tertiary/aromatic N) is 1. The molecular weight excluding hydrogens is 138 g/mol. The topological polar surface area (TPSA) is 20.3 Å². The maximum Gasteiger partial charge on any atom is 0.140 e. The minimum atomic E-state index is 0.0143. The highest BCUT2D eigenvalue weighted by Crippen LogP contribution is 2.40. The van der Waals surface area contributed by atoms with Gasteiger partial charge in [0.05, 0.1) is 5.54 Å². The number of carbonyl (C=O) groups is 1. The maximum atomic E-state index is 10.7. The largest absolute Gasteiger partial charge is 0.301 e. The molecule has 1 aliphatic carbocycles. The molecular formula is C9H15NO. The molecule has 2 rings (SSSR count). The zero-order valence-electron chi connectivity index (χ0n) is 6.88. The third-order valence-corrected chi connectivity index (χ3v) is 2.97. The molecule has 0 atom stereocenters. The first-order valence-corrected chi connectivity index (χ1v) is 4.59. The van der Waals surface area contributed by atoms with Crippen molar-refractivity contribution in [3.8, 4) is 0 Å². The lowest BCUT2D eigenvalue weighted by atomic mass is 10.1. The summed E-state index contributed by atoms with van der Waals surface area (Å²) >= 11 is 0. The third-order valence-electron chi connectivity index (χ3n) is 2.97. The zero-order chi connectivity index (χ0) is 7.73. The molecule has 2 heteroatoms. The lowest BCUT2D eigenvalue weighted by molar-refractivity contribution is -0.114. The molecule has 0 aromatic heterocycles. The number of piperidine rings is 1. The van der Waals surface area contributed by atoms with Crippen molar-refractivity contribution in [2.75, 3.05) is 13.1 Å². The van der Waals surface area contributed by atoms with Crippen LogP contribution < -0.4 is 0 Å². The molecule has 0 radical (unpaired) electrons. The quantitative estimate of drug-likeness (QED) is 0.556. The van der Waals surface area contributed by atoms with Crippen LogP contribution in [0.15, 0.2) is 0 Å². The summed E-state index contributed by atoms with van der Waals surface area (Å²) in [5, 5.41) is 0. The second-order valence-electron chi connectivity index (χ2n) is 3.77. The fourth-order valence-electron chi connectivity index (χ4n) is 1.98. The number of hydrogen-bond donors (Lipinski definition) is 0. The molecule has 1 heterocycles. The van der Waals surface area contributed by atoms with Crippen LogP contribution >= 0.6 is 0 Å². The number of likely N-dealkylation sites (tertiary alicyclic amines) is 1. The SMILES string of the molecule is O=CC1(N2CCCCC2)CC1. The predicted molar refractivity (Wildman–Crippen MR) is 43.5 cm³/mol. The molecule has 1 aliphatic heterocycles. The molecule has 0 N–H and O–H groups in total. The van der Waals surface area contributed by atoms with Gasteiger partial charge in [-0.05, 0) is 38.8 Å². The van der Waals surface area contributed by atoms with E-state index in [1.54, 1.807) is 0 Å². The van der Waals surface area contributed by atoms with Gasteiger partial charge in [-0.3, -0.25) is 4.90 Å². The van der Waals surface area contributed by atoms with Gasteiger partial charge in [-0.25, -0.2) is 0 Å². The molecule has 0 aromatic carbocycles. The van der Waals surface area contributed by atoms with E-state index in [2.05, 4.69) is 4.90 Å². The Morgan fingerprint density at radius 2 is 1.73 bits per heavy atom. The van der Waals surface area contributed by atoms with E-state index in [0.29, 0.717) is 0 Å². The Hall–Kier alpha value is -0.370. The van der Waals surface area contributed by atoms with Gasteiger partial charge in [0, 0.05) is 0 Å². The van der Waals surface area contributed by atoms with Crippen LogP contribution in [0.2, 0.25) is 0 Å². The smallest absolute Gasteiger partial charge is 0.140 e. The summed E-state index contributed by atoms with van der Waals surface area (Å²) in [6.07, 6.45) is 7.31. The summed E-state index contributed by atoms with van der Waals surface area (Å²) in [5.74, 6) is 0. The van der Waals surface area contributed by atoms with Crippen LogP contribution in [0.1, 0.15) is 32.1 Å². The van der Waals surface area contributed by atoms with Crippen molar-refractivity contribution >= 4 is 6.29 Å². The molecule has 0 spiro atoms. The monoisotopic (exact) mass is 153 g/mol. The Morgan fingerprint density at radius 3 is 2.18 bits per heavy atom. The van der Waals surface area contributed by atoms with Crippen molar-refractivity contribution in [2.24, 2.45) is 0 Å². The van der Waals surface area contributed by atoms with Gasteiger partial charge in [-0.2, -0.15) is 0 Å². The van der Waals surface area contributed by atoms with Gasteiger partial charge < -0.3 is 4.79 Å². The maximum absolute atomic E-state index is 10.7. The minimum Gasteiger partial charge on any atom is -0.301 e. The Bertz CT molecular complexity index is 157. The summed E-state index contributed by atoms with van der Waals surface area (Å²) in [6, 6.07) is 0. The molecule has 0 amide bonds. The second-order valence-corrected chi connectivity index (χ2v) is 3.77. The number of rotatable bonds is 2. The number of hydrogen-bond acceptors (Lipinski definition) is 2. The summed E-state index contributed by atoms with van der Waals surface area (Å²) in [5.41, 5.74) is 0.0143. The summed E-state index contributed by atoms with van der Waals surface area (Å²) in [7, 11) is 0. The molecule has 0 bridgehead atoms. The van der Waals surface area contributed by atoms with Crippen LogP contribution in [-0.4, -0.2) is 29.8 Å². The third kappa shape index (κ3) is 1.20. The van der Waals surface area contributed by atoms with Crippen molar-refractivity contribution in [2.45, 2.75) is 37.6 Å². The van der Waals surface area contributed by atoms with Gasteiger partial charge in [-0.15, -0.1) is 0 Å². The average Bonchev–Trinajstić information content (AvgIpc) is 2.86. The van der Waals surface area contributed by atoms with Crippen molar-refractivity contribution in [3.05, 3.63) is 0 Å². The lowest BCUT2D eigenvalue weighted by Gasteiger charge is -2.31. The first kappa shape index (κ1) is 7.29. The van der Waals surface area contributed by atoms with E-state index in [-0.39, 0.29) is 5.54 Å². The summed E-state index contributed by atoms with van der Waals surface area (Å²) < 4.78 is 0. The van der Waals surface area contributed by atoms with Crippen LogP contribution in [0.5, 0.6) is 0 Å². The predicted octanol–water partition coefficient (Wildman–Crippen LogP) is 1.20. The fraction of sp³-hybridized carbons (Fsp3) is 0.889. The van der Waals surface area contributed by atoms with E-state index in [1.165, 1.54) is 25.5 Å². The second kappa shape index (κ2) is 2.59. The molecule has 0 unspecified atom stereocenters. The van der Waals surface area contributed by atoms with Gasteiger partial charge in [0.25, 0.3) is 0 Å². The highest BCUT2D eigenvalue weighted by molar-refractivity contribution is 5.68. The van der Waals surface area contributed by atoms with E-state index in [1.807, 2.05) is 0 Å². The van der Waals surface area contributed by atoms with Crippen LogP contribution in [0, 0.1) is 0 Å². The van der Waals surface area contributed by atoms with Crippen molar-refractivity contribution < 1.29 is 4.79 Å². The summed E-state index contributed by atoms with van der Waals surface area (Å²) in [6.45, 7) is 2.30. The van der Waals surface area contributed by atoms with E-state index >= 15 is 0 Å². The molecule has 2 fully saturated rings. The van der Waals surface area contributed by atoms with Crippen LogP contribution in [0.4, 0.5) is 0 Å². The molecule has 62 valence electrons. The van der Waals surface area contributed by atoms with Gasteiger partial charge in [-0.1, -0.05) is 6.42 Å². The van der Waals surface area contributed by atoms with Crippen LogP contribution in [0.3, 0.4) is 0 Å². The highest BCUT2D eigenvalue weighted by Gasteiger charge is 2.47. The van der Waals surface area contributed by atoms with Crippen LogP contribution in [0.25, 0.3) is 0 Å². The number of aldehydes is 1. The minimum absolute atomic E-state index is 0.0143. The zero-order valence-corrected chi connectivity index (χ0v) is 6.88. The van der Waals surface area contributed by atoms with E-state index < -0.39 is 0 Å². The Labute approximate surface area is 67.6 Å². The van der Waals surface area contributed by atoms with Gasteiger partial charge >= 0.3 is 0 Å². The first-order chi connectivity index (χ1) is 5.37. The fourth-order valence-corrected chi connectivity index (χ4v) is 1.98. The molecule has 2 nitrogen and oxygen atoms in total. The van der Waals surface area contributed by atoms with Crippen molar-refractivity contribution in [1.82, 2.24) is 4.90 Å². The Balaban J connectivity index is 1.97. The molecule has 2 aliphatic rings. The molecule has 1 saturated carbocycles. The van der Waals surface area contributed by atoms with Crippen molar-refractivity contribution in [3.63, 3.8) is 0 Å². The van der Waals surface area contributed by atoms with Gasteiger partial charge in [0.1, 0.15) is 6.29 Å². The Kier molecular flexibility index (Phi) is 1.72. The summed E-state index contributed by atoms with van der Waals surface area (Å²) in [4.78, 5) is 13.1. The average molecular weight is 153 g/mol. The lowest BCUT2D eigenvalue weighted by Crippen LogP contribution is -2.42. The van der Waals surface area contributed by atoms with Crippen molar-refractivity contribution in [1.29, 1.82) is 0 Å². The first-order valence-electron chi connectivity index (χ1n) is 4.59. The van der Waals surface area contributed by atoms with Gasteiger partial charge in [0.15, 0.2) is 0 Å². The van der Waals surface area contributed by atoms with Gasteiger partial charge in [0.2, 0.25) is 0 Å². The molecule has 1 saturated heterocycles. The highest BCUT2D eigenvalue weighted by atomic mass is 16.1. The Morgan fingerprint density at radius 1 is 1.09 bits per heavy atom. The van der Waals surface area contributed by atoms with Crippen LogP contribution in [-0.2, 0) is 4.79 Å². The molecule has 0 aromatic rings. The van der Waals surface area contributed by atoms with E-state index in [9.17, 15) is 4.79 Å². The number of carbonyl (C=O) groups excluding carboxylic acids is 1. The molecule has 11 heavy (non-hydrogen) atoms. The van der Waals surface area contributed by atoms with E-state index in [4.69, 9.17) is 0 Å². The van der Waals surface area contributed by atoms with E-state index in [0.717, 1.165) is 25.9 Å². The normalized spacial score (nSPS) is 29.8. The standard InChI is InChI=1S/C9H15NO/c11-8-9(4-5-9)10-6-2-1-3-7-10/h8H,1-7H2.